The highest BCUT2D eigenvalue weighted by Crippen LogP contribution is 2.15. The van der Waals surface area contributed by atoms with Crippen LogP contribution in [0, 0.1) is 0 Å². The number of amides is 1. The molecule has 0 spiro atoms. The van der Waals surface area contributed by atoms with E-state index in [-0.39, 0.29) is 5.91 Å². The van der Waals surface area contributed by atoms with Crippen molar-refractivity contribution in [1.82, 2.24) is 19.9 Å². The van der Waals surface area contributed by atoms with Crippen molar-refractivity contribution in [1.29, 1.82) is 0 Å². The Balaban J connectivity index is 1.40. The van der Waals surface area contributed by atoms with E-state index < -0.39 is 0 Å². The molecule has 4 aromatic rings. The van der Waals surface area contributed by atoms with Gasteiger partial charge in [-0.3, -0.25) is 4.79 Å². The van der Waals surface area contributed by atoms with Crippen LogP contribution >= 0.6 is 15.9 Å². The number of nitrogens with zero attached hydrogens (tertiary/aromatic N) is 2. The van der Waals surface area contributed by atoms with Crippen molar-refractivity contribution in [2.45, 2.75) is 13.1 Å². The lowest BCUT2D eigenvalue weighted by atomic mass is 10.1. The maximum absolute atomic E-state index is 12.1. The molecule has 0 aliphatic carbocycles. The first kappa shape index (κ1) is 16.6. The van der Waals surface area contributed by atoms with Crippen LogP contribution in [0.4, 0.5) is 0 Å². The molecule has 5 nitrogen and oxygen atoms in total. The largest absolute Gasteiger partial charge is 0.356 e. The maximum Gasteiger partial charge on any atom is 0.267 e. The summed E-state index contributed by atoms with van der Waals surface area (Å²) in [6.45, 7) is 1.26. The van der Waals surface area contributed by atoms with Crippen LogP contribution in [0.5, 0.6) is 0 Å². The number of carbonyl (C=O) groups is 1. The first-order chi connectivity index (χ1) is 12.7. The molecule has 0 radical (unpaired) electrons. The van der Waals surface area contributed by atoms with E-state index in [2.05, 4.69) is 54.0 Å². The molecular formula is C20H17BrN4O. The second-order valence-corrected chi connectivity index (χ2v) is 7.01. The topological polar surface area (TPSA) is 62.7 Å². The van der Waals surface area contributed by atoms with E-state index in [4.69, 9.17) is 0 Å². The molecule has 0 saturated carbocycles. The molecule has 0 fully saturated rings. The van der Waals surface area contributed by atoms with E-state index in [0.717, 1.165) is 27.6 Å². The molecule has 4 rings (SSSR count). The number of carbonyl (C=O) groups excluding carboxylic acids is 1. The summed E-state index contributed by atoms with van der Waals surface area (Å²) in [5.41, 5.74) is 4.92. The summed E-state index contributed by atoms with van der Waals surface area (Å²) in [6.07, 6.45) is 3.61. The average Bonchev–Trinajstić information content (AvgIpc) is 3.28. The number of benzene rings is 2. The fourth-order valence-corrected chi connectivity index (χ4v) is 3.22. The Morgan fingerprint density at radius 1 is 1.12 bits per heavy atom. The normalized spacial score (nSPS) is 11.0. The summed E-state index contributed by atoms with van der Waals surface area (Å²) < 4.78 is 2.99. The number of aromatic amines is 1. The fourth-order valence-electron chi connectivity index (χ4n) is 2.87. The molecule has 0 unspecified atom stereocenters. The molecule has 0 aliphatic heterocycles. The summed E-state index contributed by atoms with van der Waals surface area (Å²) in [7, 11) is 0. The minimum absolute atomic E-state index is 0.121. The Bertz CT molecular complexity index is 1050. The van der Waals surface area contributed by atoms with Gasteiger partial charge in [0, 0.05) is 23.8 Å². The minimum atomic E-state index is -0.121. The highest BCUT2D eigenvalue weighted by Gasteiger charge is 2.07. The van der Waals surface area contributed by atoms with Gasteiger partial charge >= 0.3 is 0 Å². The Labute approximate surface area is 159 Å². The average molecular weight is 409 g/mol. The first-order valence-corrected chi connectivity index (χ1v) is 9.08. The van der Waals surface area contributed by atoms with Crippen molar-refractivity contribution in [2.24, 2.45) is 0 Å². The Morgan fingerprint density at radius 3 is 2.65 bits per heavy atom. The number of imidazole rings is 1. The van der Waals surface area contributed by atoms with Gasteiger partial charge in [-0.25, -0.2) is 4.98 Å². The van der Waals surface area contributed by atoms with Gasteiger partial charge in [0.2, 0.25) is 0 Å². The van der Waals surface area contributed by atoms with Crippen molar-refractivity contribution in [3.8, 4) is 0 Å². The molecular weight excluding hydrogens is 392 g/mol. The van der Waals surface area contributed by atoms with Crippen LogP contribution in [0.15, 0.2) is 71.6 Å². The Hall–Kier alpha value is -2.86. The summed E-state index contributed by atoms with van der Waals surface area (Å²) in [5.74, 6) is -0.121. The molecule has 0 saturated heterocycles. The smallest absolute Gasteiger partial charge is 0.267 e. The van der Waals surface area contributed by atoms with E-state index in [9.17, 15) is 4.79 Å². The van der Waals surface area contributed by atoms with Crippen molar-refractivity contribution in [3.05, 3.63) is 88.4 Å². The zero-order valence-electron chi connectivity index (χ0n) is 13.9. The molecule has 2 aromatic carbocycles. The van der Waals surface area contributed by atoms with Gasteiger partial charge in [0.05, 0.1) is 17.4 Å². The molecule has 0 atom stereocenters. The predicted molar refractivity (Wildman–Crippen MR) is 105 cm³/mol. The minimum Gasteiger partial charge on any atom is -0.356 e. The first-order valence-electron chi connectivity index (χ1n) is 8.29. The second-order valence-electron chi connectivity index (χ2n) is 6.09. The van der Waals surface area contributed by atoms with Crippen molar-refractivity contribution >= 4 is 32.9 Å². The standard InChI is InChI=1S/C20H17BrN4O/c21-16-9-18(22-11-16)20(26)23-10-14-5-7-15(8-6-14)12-25-13-24-17-3-1-2-4-19(17)25/h1-9,11,13,22H,10,12H2,(H,23,26). The number of hydrogen-bond acceptors (Lipinski definition) is 2. The lowest BCUT2D eigenvalue weighted by Gasteiger charge is -2.07. The summed E-state index contributed by atoms with van der Waals surface area (Å²) >= 11 is 3.33. The SMILES string of the molecule is O=C(NCc1ccc(Cn2cnc3ccccc32)cc1)c1cc(Br)c[nH]1. The summed E-state index contributed by atoms with van der Waals surface area (Å²) in [6, 6.07) is 18.1. The molecule has 26 heavy (non-hydrogen) atoms. The number of rotatable bonds is 5. The van der Waals surface area contributed by atoms with Crippen LogP contribution in [0.1, 0.15) is 21.6 Å². The van der Waals surface area contributed by atoms with Crippen LogP contribution in [0.25, 0.3) is 11.0 Å². The number of para-hydroxylation sites is 2. The number of nitrogens with one attached hydrogen (secondary N) is 2. The number of H-pyrrole nitrogens is 1. The summed E-state index contributed by atoms with van der Waals surface area (Å²) in [5, 5.41) is 2.91. The van der Waals surface area contributed by atoms with Crippen molar-refractivity contribution in [3.63, 3.8) is 0 Å². The fraction of sp³-hybridized carbons (Fsp3) is 0.100. The van der Waals surface area contributed by atoms with Crippen molar-refractivity contribution in [2.75, 3.05) is 0 Å². The summed E-state index contributed by atoms with van der Waals surface area (Å²) in [4.78, 5) is 19.4. The van der Waals surface area contributed by atoms with E-state index in [1.54, 1.807) is 12.3 Å². The van der Waals surface area contributed by atoms with Gasteiger partial charge in [-0.05, 0) is 45.3 Å². The van der Waals surface area contributed by atoms with Crippen LogP contribution in [-0.2, 0) is 13.1 Å². The number of fused-ring (bicyclic) bond motifs is 1. The van der Waals surface area contributed by atoms with Gasteiger partial charge < -0.3 is 14.9 Å². The maximum atomic E-state index is 12.1. The van der Waals surface area contributed by atoms with E-state index in [1.807, 2.05) is 36.7 Å². The van der Waals surface area contributed by atoms with Gasteiger partial charge in [-0.1, -0.05) is 36.4 Å². The van der Waals surface area contributed by atoms with Crippen molar-refractivity contribution < 1.29 is 4.79 Å². The number of hydrogen-bond donors (Lipinski definition) is 2. The highest BCUT2D eigenvalue weighted by atomic mass is 79.9. The Kier molecular flexibility index (Phi) is 4.58. The molecule has 2 heterocycles. The van der Waals surface area contributed by atoms with Gasteiger partial charge in [0.25, 0.3) is 5.91 Å². The van der Waals surface area contributed by atoms with Gasteiger partial charge in [0.1, 0.15) is 5.69 Å². The third-order valence-electron chi connectivity index (χ3n) is 4.25. The molecule has 2 aromatic heterocycles. The van der Waals surface area contributed by atoms with Crippen LogP contribution in [0.2, 0.25) is 0 Å². The van der Waals surface area contributed by atoms with E-state index in [0.29, 0.717) is 12.2 Å². The predicted octanol–water partition coefficient (Wildman–Crippen LogP) is 4.11. The highest BCUT2D eigenvalue weighted by molar-refractivity contribution is 9.10. The zero-order chi connectivity index (χ0) is 17.9. The number of aromatic nitrogens is 3. The molecule has 2 N–H and O–H groups in total. The van der Waals surface area contributed by atoms with Crippen LogP contribution in [-0.4, -0.2) is 20.4 Å². The van der Waals surface area contributed by atoms with Gasteiger partial charge in [-0.2, -0.15) is 0 Å². The monoisotopic (exact) mass is 408 g/mol. The third-order valence-corrected chi connectivity index (χ3v) is 4.71. The zero-order valence-corrected chi connectivity index (χ0v) is 15.5. The third kappa shape index (κ3) is 3.55. The molecule has 0 bridgehead atoms. The van der Waals surface area contributed by atoms with Crippen LogP contribution < -0.4 is 5.32 Å². The molecule has 130 valence electrons. The molecule has 0 aliphatic rings. The lowest BCUT2D eigenvalue weighted by Crippen LogP contribution is -2.23. The van der Waals surface area contributed by atoms with Gasteiger partial charge in [-0.15, -0.1) is 0 Å². The lowest BCUT2D eigenvalue weighted by molar-refractivity contribution is 0.0946. The molecule has 6 heteroatoms. The Morgan fingerprint density at radius 2 is 1.88 bits per heavy atom. The molecule has 1 amide bonds. The number of halogens is 1. The van der Waals surface area contributed by atoms with E-state index in [1.165, 1.54) is 5.56 Å². The van der Waals surface area contributed by atoms with Crippen LogP contribution in [0.3, 0.4) is 0 Å². The van der Waals surface area contributed by atoms with Gasteiger partial charge in [0.15, 0.2) is 0 Å². The van der Waals surface area contributed by atoms with E-state index >= 15 is 0 Å². The quantitative estimate of drug-likeness (QED) is 0.521. The second kappa shape index (κ2) is 7.17.